The first kappa shape index (κ1) is 36.7. The van der Waals surface area contributed by atoms with Crippen molar-refractivity contribution in [3.63, 3.8) is 0 Å². The Balaban J connectivity index is 5.29. The number of nitrogens with two attached hydrogens (primary N) is 2. The highest BCUT2D eigenvalue weighted by Gasteiger charge is 2.26. The number of carbonyl (C=O) groups excluding carboxylic acids is 4. The van der Waals surface area contributed by atoms with E-state index < -0.39 is 97.3 Å². The van der Waals surface area contributed by atoms with Gasteiger partial charge in [-0.3, -0.25) is 28.8 Å². The number of hydrogen-bond acceptors (Lipinski definition) is 12. The number of urea groups is 2. The van der Waals surface area contributed by atoms with E-state index in [1.165, 1.54) is 0 Å². The topological polar surface area (TPSA) is 342 Å². The molecule has 14 N–H and O–H groups in total. The first-order chi connectivity index (χ1) is 19.0. The van der Waals surface area contributed by atoms with E-state index in [1.54, 1.807) is 0 Å². The van der Waals surface area contributed by atoms with Gasteiger partial charge in [-0.25, -0.2) is 9.59 Å². The molecule has 0 saturated carbocycles. The first-order valence-electron chi connectivity index (χ1n) is 11.1. The standard InChI is InChI=1S/C19H30N8O12S2/c1-7(13(21)17(36)37)25-19(39)27-10(15(33)23-4-12(30)31)6-41-40-5-9(14(32)22-3-11(28)29)26-18(38)24-2-8(20)16(34)35/h8-10,13H,1-6,20-21H2,(H,22,32)(H,23,33)(H,28,29)(H,30,31)(H,34,35)(H,36,37)(H2,24,26,38)(H2,25,27,39)/t8-,9-,10-,13-/m0/s1. The van der Waals surface area contributed by atoms with Gasteiger partial charge in [-0.2, -0.15) is 0 Å². The van der Waals surface area contributed by atoms with Gasteiger partial charge in [0.05, 0.1) is 0 Å². The Morgan fingerprint density at radius 2 is 1.12 bits per heavy atom. The summed E-state index contributed by atoms with van der Waals surface area (Å²) in [5.41, 5.74) is 10.2. The molecule has 4 atom stereocenters. The molecule has 0 radical (unpaired) electrons. The molecule has 0 bridgehead atoms. The fourth-order valence-electron chi connectivity index (χ4n) is 2.24. The van der Waals surface area contributed by atoms with Crippen LogP contribution in [0.15, 0.2) is 12.3 Å². The molecule has 0 unspecified atom stereocenters. The van der Waals surface area contributed by atoms with Gasteiger partial charge in [0.1, 0.15) is 37.3 Å². The van der Waals surface area contributed by atoms with Gasteiger partial charge in [0.15, 0.2) is 0 Å². The Morgan fingerprint density at radius 3 is 1.51 bits per heavy atom. The van der Waals surface area contributed by atoms with Crippen molar-refractivity contribution in [1.82, 2.24) is 31.9 Å². The third kappa shape index (κ3) is 16.4. The number of nitrogens with one attached hydrogen (secondary N) is 6. The van der Waals surface area contributed by atoms with Crippen molar-refractivity contribution >= 4 is 69.3 Å². The molecule has 230 valence electrons. The van der Waals surface area contributed by atoms with Crippen LogP contribution in [0.3, 0.4) is 0 Å². The molecule has 0 aliphatic carbocycles. The molecule has 22 heteroatoms. The van der Waals surface area contributed by atoms with E-state index in [4.69, 9.17) is 31.9 Å². The number of amides is 6. The number of carbonyl (C=O) groups is 8. The Hall–Kier alpha value is -4.28. The van der Waals surface area contributed by atoms with Gasteiger partial charge in [0.25, 0.3) is 0 Å². The van der Waals surface area contributed by atoms with E-state index in [-0.39, 0.29) is 11.5 Å². The van der Waals surface area contributed by atoms with Crippen LogP contribution in [0.25, 0.3) is 0 Å². The van der Waals surface area contributed by atoms with Gasteiger partial charge in [-0.15, -0.1) is 0 Å². The minimum Gasteiger partial charge on any atom is -0.480 e. The average molecular weight is 627 g/mol. The highest BCUT2D eigenvalue weighted by molar-refractivity contribution is 8.76. The van der Waals surface area contributed by atoms with Gasteiger partial charge < -0.3 is 63.8 Å². The highest BCUT2D eigenvalue weighted by Crippen LogP contribution is 2.23. The molecular weight excluding hydrogens is 596 g/mol. The van der Waals surface area contributed by atoms with Crippen LogP contribution in [0.1, 0.15) is 0 Å². The van der Waals surface area contributed by atoms with Crippen molar-refractivity contribution in [2.24, 2.45) is 11.5 Å². The zero-order valence-corrected chi connectivity index (χ0v) is 22.7. The maximum absolute atomic E-state index is 12.4. The number of hydrogen-bond donors (Lipinski definition) is 12. The summed E-state index contributed by atoms with van der Waals surface area (Å²) in [6, 6.07) is -7.92. The molecule has 0 saturated heterocycles. The van der Waals surface area contributed by atoms with E-state index in [2.05, 4.69) is 33.2 Å². The SMILES string of the molecule is C=C(NC(=O)N[C@@H](CSSC[C@H](NC(=O)NC[C@H](N)C(=O)O)C(=O)NCC(=O)O)C(=O)NCC(=O)O)[C@H](N)C(=O)O. The van der Waals surface area contributed by atoms with Gasteiger partial charge in [0.2, 0.25) is 11.8 Å². The molecule has 0 fully saturated rings. The van der Waals surface area contributed by atoms with Crippen molar-refractivity contribution in [1.29, 1.82) is 0 Å². The van der Waals surface area contributed by atoms with Crippen LogP contribution < -0.4 is 43.4 Å². The van der Waals surface area contributed by atoms with E-state index in [9.17, 15) is 38.4 Å². The maximum atomic E-state index is 12.4. The lowest BCUT2D eigenvalue weighted by Crippen LogP contribution is -2.54. The predicted octanol–water partition coefficient (Wildman–Crippen LogP) is -4.56. The molecule has 0 aliphatic rings. The maximum Gasteiger partial charge on any atom is 0.326 e. The fraction of sp³-hybridized carbons (Fsp3) is 0.474. The summed E-state index contributed by atoms with van der Waals surface area (Å²) >= 11 is 0. The van der Waals surface area contributed by atoms with Crippen molar-refractivity contribution in [3.05, 3.63) is 12.3 Å². The number of carboxylic acid groups (broad SMARTS) is 4. The molecular formula is C19H30N8O12S2. The summed E-state index contributed by atoms with van der Waals surface area (Å²) in [5.74, 6) is -7.97. The van der Waals surface area contributed by atoms with Crippen LogP contribution in [0, 0.1) is 0 Å². The van der Waals surface area contributed by atoms with E-state index in [1.807, 2.05) is 5.32 Å². The summed E-state index contributed by atoms with van der Waals surface area (Å²) in [5, 5.41) is 47.9. The first-order valence-corrected chi connectivity index (χ1v) is 13.5. The van der Waals surface area contributed by atoms with Gasteiger partial charge in [-0.05, 0) is 0 Å². The van der Waals surface area contributed by atoms with Crippen LogP contribution in [0.5, 0.6) is 0 Å². The normalized spacial score (nSPS) is 13.2. The van der Waals surface area contributed by atoms with Crippen molar-refractivity contribution in [2.75, 3.05) is 31.1 Å². The lowest BCUT2D eigenvalue weighted by atomic mass is 10.2. The highest BCUT2D eigenvalue weighted by atomic mass is 33.1. The zero-order chi connectivity index (χ0) is 31.7. The molecule has 0 spiro atoms. The van der Waals surface area contributed by atoms with Crippen molar-refractivity contribution < 1.29 is 58.8 Å². The lowest BCUT2D eigenvalue weighted by Gasteiger charge is -2.20. The molecule has 20 nitrogen and oxygen atoms in total. The third-order valence-electron chi connectivity index (χ3n) is 4.34. The molecule has 0 rings (SSSR count). The largest absolute Gasteiger partial charge is 0.480 e. The summed E-state index contributed by atoms with van der Waals surface area (Å²) in [6.45, 7) is 1.25. The molecule has 0 heterocycles. The van der Waals surface area contributed by atoms with E-state index in [0.29, 0.717) is 0 Å². The summed E-state index contributed by atoms with van der Waals surface area (Å²) in [7, 11) is 1.75. The molecule has 0 aromatic heterocycles. The zero-order valence-electron chi connectivity index (χ0n) is 21.1. The third-order valence-corrected chi connectivity index (χ3v) is 6.76. The number of rotatable bonds is 19. The average Bonchev–Trinajstić information content (AvgIpc) is 2.88. The van der Waals surface area contributed by atoms with E-state index in [0.717, 1.165) is 21.6 Å². The Kier molecular flexibility index (Phi) is 16.9. The van der Waals surface area contributed by atoms with Crippen LogP contribution in [0.4, 0.5) is 9.59 Å². The molecule has 6 amide bonds. The Labute approximate surface area is 239 Å². The quantitative estimate of drug-likeness (QED) is 0.0474. The molecule has 0 aromatic carbocycles. The Bertz CT molecular complexity index is 1030. The second-order valence-corrected chi connectivity index (χ2v) is 10.2. The number of carboxylic acids is 4. The lowest BCUT2D eigenvalue weighted by molar-refractivity contribution is -0.139. The molecule has 41 heavy (non-hydrogen) atoms. The Morgan fingerprint density at radius 1 is 0.683 bits per heavy atom. The molecule has 0 aliphatic heterocycles. The molecule has 0 aromatic rings. The fourth-order valence-corrected chi connectivity index (χ4v) is 4.56. The van der Waals surface area contributed by atoms with Gasteiger partial charge >= 0.3 is 35.9 Å². The second-order valence-electron chi connectivity index (χ2n) is 7.64. The predicted molar refractivity (Wildman–Crippen MR) is 142 cm³/mol. The van der Waals surface area contributed by atoms with Crippen LogP contribution in [0.2, 0.25) is 0 Å². The smallest absolute Gasteiger partial charge is 0.326 e. The van der Waals surface area contributed by atoms with Gasteiger partial charge in [0, 0.05) is 23.7 Å². The summed E-state index contributed by atoms with van der Waals surface area (Å²) in [6.07, 6.45) is 0. The van der Waals surface area contributed by atoms with E-state index >= 15 is 0 Å². The summed E-state index contributed by atoms with van der Waals surface area (Å²) in [4.78, 5) is 92.3. The van der Waals surface area contributed by atoms with Crippen LogP contribution in [-0.4, -0.2) is 123 Å². The summed E-state index contributed by atoms with van der Waals surface area (Å²) < 4.78 is 0. The minimum absolute atomic E-state index is 0.228. The van der Waals surface area contributed by atoms with Gasteiger partial charge in [-0.1, -0.05) is 28.2 Å². The monoisotopic (exact) mass is 626 g/mol. The minimum atomic E-state index is -1.65. The number of aliphatic carboxylic acids is 4. The second kappa shape index (κ2) is 18.9. The van der Waals surface area contributed by atoms with Crippen molar-refractivity contribution in [2.45, 2.75) is 24.2 Å². The van der Waals surface area contributed by atoms with Crippen molar-refractivity contribution in [3.8, 4) is 0 Å². The van der Waals surface area contributed by atoms with Crippen LogP contribution >= 0.6 is 21.6 Å². The van der Waals surface area contributed by atoms with Crippen LogP contribution in [-0.2, 0) is 28.8 Å².